The molecule has 0 saturated carbocycles. The van der Waals surface area contributed by atoms with Gasteiger partial charge in [-0.15, -0.1) is 0 Å². The van der Waals surface area contributed by atoms with Gasteiger partial charge in [0.2, 0.25) is 5.03 Å². The molecular formula is C12H20ClN3O2S. The van der Waals surface area contributed by atoms with Crippen LogP contribution in [0.2, 0.25) is 5.15 Å². The molecule has 1 aromatic heterocycles. The van der Waals surface area contributed by atoms with Crippen LogP contribution in [-0.4, -0.2) is 35.4 Å². The van der Waals surface area contributed by atoms with E-state index in [0.29, 0.717) is 13.1 Å². The molecule has 1 aromatic rings. The normalized spacial score (nSPS) is 21.3. The quantitative estimate of drug-likeness (QED) is 0.842. The average molecular weight is 306 g/mol. The van der Waals surface area contributed by atoms with Crippen LogP contribution >= 0.6 is 11.6 Å². The van der Waals surface area contributed by atoms with E-state index in [1.807, 2.05) is 0 Å². The summed E-state index contributed by atoms with van der Waals surface area (Å²) in [5.74, 6) is 0. The lowest BCUT2D eigenvalue weighted by atomic mass is 9.85. The van der Waals surface area contributed by atoms with Crippen molar-refractivity contribution in [3.63, 3.8) is 0 Å². The standard InChI is InChI=1S/C12H20ClN3O2S/c1-12(2)5-4-7-16(8-6-12)19(17,18)11-10(13)15(3)9-14-11/h9H,4-8H2,1-3H3. The van der Waals surface area contributed by atoms with Gasteiger partial charge in [0.05, 0.1) is 6.33 Å². The Kier molecular flexibility index (Phi) is 3.95. The first-order valence-corrected chi connectivity index (χ1v) is 8.23. The number of hydrogen-bond donors (Lipinski definition) is 0. The Morgan fingerprint density at radius 3 is 2.58 bits per heavy atom. The van der Waals surface area contributed by atoms with Gasteiger partial charge in [0.1, 0.15) is 5.15 Å². The zero-order chi connectivity index (χ0) is 14.3. The van der Waals surface area contributed by atoms with Crippen molar-refractivity contribution in [1.82, 2.24) is 13.9 Å². The molecule has 0 aromatic carbocycles. The molecule has 0 amide bonds. The summed E-state index contributed by atoms with van der Waals surface area (Å²) in [6.07, 6.45) is 4.19. The van der Waals surface area contributed by atoms with Crippen molar-refractivity contribution in [1.29, 1.82) is 0 Å². The van der Waals surface area contributed by atoms with Crippen molar-refractivity contribution in [2.24, 2.45) is 12.5 Å². The van der Waals surface area contributed by atoms with Gasteiger partial charge in [-0.05, 0) is 24.7 Å². The van der Waals surface area contributed by atoms with E-state index >= 15 is 0 Å². The van der Waals surface area contributed by atoms with Gasteiger partial charge >= 0.3 is 0 Å². The van der Waals surface area contributed by atoms with Crippen molar-refractivity contribution in [2.75, 3.05) is 13.1 Å². The van der Waals surface area contributed by atoms with Crippen LogP contribution in [0.3, 0.4) is 0 Å². The Bertz CT molecular complexity index is 566. The van der Waals surface area contributed by atoms with Gasteiger partial charge in [0, 0.05) is 20.1 Å². The van der Waals surface area contributed by atoms with Crippen LogP contribution in [0, 0.1) is 5.41 Å². The topological polar surface area (TPSA) is 55.2 Å². The molecule has 19 heavy (non-hydrogen) atoms. The smallest absolute Gasteiger partial charge is 0.263 e. The maximum atomic E-state index is 12.6. The van der Waals surface area contributed by atoms with Gasteiger partial charge in [-0.3, -0.25) is 0 Å². The molecule has 0 unspecified atom stereocenters. The van der Waals surface area contributed by atoms with Gasteiger partial charge in [-0.2, -0.15) is 4.31 Å². The van der Waals surface area contributed by atoms with Crippen LogP contribution in [0.25, 0.3) is 0 Å². The van der Waals surface area contributed by atoms with Gasteiger partial charge in [0.15, 0.2) is 0 Å². The van der Waals surface area contributed by atoms with Gasteiger partial charge in [-0.1, -0.05) is 25.4 Å². The Labute approximate surface area is 119 Å². The molecule has 0 atom stereocenters. The fraction of sp³-hybridized carbons (Fsp3) is 0.750. The predicted molar refractivity (Wildman–Crippen MR) is 74.6 cm³/mol. The first-order valence-electron chi connectivity index (χ1n) is 6.41. The van der Waals surface area contributed by atoms with Crippen LogP contribution in [0.4, 0.5) is 0 Å². The highest BCUT2D eigenvalue weighted by Gasteiger charge is 2.33. The van der Waals surface area contributed by atoms with Gasteiger partial charge in [0.25, 0.3) is 10.0 Å². The van der Waals surface area contributed by atoms with E-state index in [0.717, 1.165) is 19.3 Å². The molecule has 0 aliphatic carbocycles. The van der Waals surface area contributed by atoms with E-state index < -0.39 is 10.0 Å². The lowest BCUT2D eigenvalue weighted by Crippen LogP contribution is -2.33. The van der Waals surface area contributed by atoms with E-state index in [1.54, 1.807) is 7.05 Å². The fourth-order valence-electron chi connectivity index (χ4n) is 2.33. The van der Waals surface area contributed by atoms with Crippen molar-refractivity contribution in [2.45, 2.75) is 38.1 Å². The van der Waals surface area contributed by atoms with E-state index in [4.69, 9.17) is 11.6 Å². The molecule has 5 nitrogen and oxygen atoms in total. The highest BCUT2D eigenvalue weighted by Crippen LogP contribution is 2.32. The van der Waals surface area contributed by atoms with Crippen LogP contribution in [0.15, 0.2) is 11.4 Å². The van der Waals surface area contributed by atoms with Crippen molar-refractivity contribution >= 4 is 21.6 Å². The van der Waals surface area contributed by atoms with Crippen molar-refractivity contribution in [3.8, 4) is 0 Å². The first-order chi connectivity index (χ1) is 8.74. The molecule has 1 fully saturated rings. The summed E-state index contributed by atoms with van der Waals surface area (Å²) >= 11 is 6.00. The van der Waals surface area contributed by atoms with E-state index in [1.165, 1.54) is 15.2 Å². The summed E-state index contributed by atoms with van der Waals surface area (Å²) < 4.78 is 28.1. The molecule has 1 aliphatic rings. The van der Waals surface area contributed by atoms with Crippen molar-refractivity contribution in [3.05, 3.63) is 11.5 Å². The number of nitrogens with zero attached hydrogens (tertiary/aromatic N) is 3. The molecule has 2 rings (SSSR count). The highest BCUT2D eigenvalue weighted by atomic mass is 35.5. The Hall–Kier alpha value is -0.590. The lowest BCUT2D eigenvalue weighted by molar-refractivity contribution is 0.314. The number of hydrogen-bond acceptors (Lipinski definition) is 3. The largest absolute Gasteiger partial charge is 0.324 e. The summed E-state index contributed by atoms with van der Waals surface area (Å²) in [6, 6.07) is 0. The van der Waals surface area contributed by atoms with Crippen molar-refractivity contribution < 1.29 is 8.42 Å². The molecular weight excluding hydrogens is 286 g/mol. The molecule has 0 bridgehead atoms. The third kappa shape index (κ3) is 2.95. The van der Waals surface area contributed by atoms with Gasteiger partial charge < -0.3 is 4.57 Å². The number of rotatable bonds is 2. The molecule has 0 radical (unpaired) electrons. The molecule has 0 N–H and O–H groups in total. The second-order valence-corrected chi connectivity index (χ2v) is 8.08. The molecule has 1 aliphatic heterocycles. The zero-order valence-electron chi connectivity index (χ0n) is 11.6. The predicted octanol–water partition coefficient (Wildman–Crippen LogP) is 2.27. The molecule has 0 spiro atoms. The van der Waals surface area contributed by atoms with Crippen LogP contribution < -0.4 is 0 Å². The number of halogens is 1. The van der Waals surface area contributed by atoms with Gasteiger partial charge in [-0.25, -0.2) is 13.4 Å². The Balaban J connectivity index is 2.28. The summed E-state index contributed by atoms with van der Waals surface area (Å²) in [6.45, 7) is 5.43. The number of imidazole rings is 1. The minimum Gasteiger partial charge on any atom is -0.324 e. The first kappa shape index (κ1) is 14.8. The Morgan fingerprint density at radius 2 is 2.00 bits per heavy atom. The maximum Gasteiger partial charge on any atom is 0.263 e. The molecule has 108 valence electrons. The van der Waals surface area contributed by atoms with Crippen LogP contribution in [0.1, 0.15) is 33.1 Å². The second kappa shape index (κ2) is 5.07. The summed E-state index contributed by atoms with van der Waals surface area (Å²) in [7, 11) is -1.90. The minimum absolute atomic E-state index is 0.0311. The van der Waals surface area contributed by atoms with E-state index in [9.17, 15) is 8.42 Å². The molecule has 1 saturated heterocycles. The third-order valence-electron chi connectivity index (χ3n) is 3.72. The van der Waals surface area contributed by atoms with Crippen LogP contribution in [0.5, 0.6) is 0 Å². The fourth-order valence-corrected chi connectivity index (χ4v) is 4.20. The lowest BCUT2D eigenvalue weighted by Gasteiger charge is -2.22. The zero-order valence-corrected chi connectivity index (χ0v) is 13.1. The Morgan fingerprint density at radius 1 is 1.32 bits per heavy atom. The number of aryl methyl sites for hydroxylation is 1. The second-order valence-electron chi connectivity index (χ2n) is 5.87. The summed E-state index contributed by atoms with van der Waals surface area (Å²) in [5, 5.41) is 0.139. The minimum atomic E-state index is -3.58. The average Bonchev–Trinajstić information content (AvgIpc) is 2.54. The monoisotopic (exact) mass is 305 g/mol. The maximum absolute atomic E-state index is 12.6. The van der Waals surface area contributed by atoms with E-state index in [2.05, 4.69) is 18.8 Å². The third-order valence-corrected chi connectivity index (χ3v) is 6.11. The summed E-state index contributed by atoms with van der Waals surface area (Å²) in [4.78, 5) is 3.93. The molecule has 7 heteroatoms. The molecule has 2 heterocycles. The van der Waals surface area contributed by atoms with Crippen LogP contribution in [-0.2, 0) is 17.1 Å². The summed E-state index contributed by atoms with van der Waals surface area (Å²) in [5.41, 5.74) is 0.193. The number of aromatic nitrogens is 2. The van der Waals surface area contributed by atoms with E-state index in [-0.39, 0.29) is 15.6 Å². The number of sulfonamides is 1. The SMILES string of the molecule is Cn1cnc(S(=O)(=O)N2CCCC(C)(C)CC2)c1Cl. The highest BCUT2D eigenvalue weighted by molar-refractivity contribution is 7.89.